The van der Waals surface area contributed by atoms with Crippen molar-refractivity contribution in [1.82, 2.24) is 4.98 Å². The number of nitrogens with zero attached hydrogens (tertiary/aromatic N) is 1. The average molecular weight is 586 g/mol. The molecular formula is C36H22BrF2N. The fourth-order valence-electron chi connectivity index (χ4n) is 6.17. The van der Waals surface area contributed by atoms with Crippen molar-refractivity contribution in [2.45, 2.75) is 5.41 Å². The lowest BCUT2D eigenvalue weighted by Crippen LogP contribution is -2.29. The van der Waals surface area contributed by atoms with Crippen LogP contribution in [0.3, 0.4) is 0 Å². The lowest BCUT2D eigenvalue weighted by molar-refractivity contribution is 0.622. The zero-order valence-electron chi connectivity index (χ0n) is 21.3. The van der Waals surface area contributed by atoms with E-state index in [4.69, 9.17) is 4.98 Å². The normalized spacial score (nSPS) is 13.1. The van der Waals surface area contributed by atoms with Crippen LogP contribution in [0.4, 0.5) is 8.78 Å². The summed E-state index contributed by atoms with van der Waals surface area (Å²) in [5.41, 5.74) is 9.35. The van der Waals surface area contributed by atoms with Gasteiger partial charge in [0, 0.05) is 28.0 Å². The van der Waals surface area contributed by atoms with Crippen molar-refractivity contribution in [3.8, 4) is 33.4 Å². The number of benzene rings is 5. The van der Waals surface area contributed by atoms with Gasteiger partial charge in [0.15, 0.2) is 0 Å². The molecule has 0 bridgehead atoms. The van der Waals surface area contributed by atoms with E-state index >= 15 is 0 Å². The fraction of sp³-hybridized carbons (Fsp3) is 0.0278. The molecule has 1 aromatic heterocycles. The van der Waals surface area contributed by atoms with Crippen molar-refractivity contribution in [3.63, 3.8) is 0 Å². The van der Waals surface area contributed by atoms with E-state index in [9.17, 15) is 8.78 Å². The molecule has 1 aliphatic carbocycles. The van der Waals surface area contributed by atoms with Gasteiger partial charge >= 0.3 is 0 Å². The minimum Gasteiger partial charge on any atom is -0.263 e. The second-order valence-corrected chi connectivity index (χ2v) is 10.9. The molecule has 0 amide bonds. The van der Waals surface area contributed by atoms with Crippen LogP contribution in [0.5, 0.6) is 0 Å². The number of halogens is 3. The van der Waals surface area contributed by atoms with Crippen LogP contribution in [-0.4, -0.2) is 4.98 Å². The molecule has 6 aromatic rings. The number of rotatable bonds is 4. The van der Waals surface area contributed by atoms with Gasteiger partial charge in [-0.05, 0) is 87.0 Å². The summed E-state index contributed by atoms with van der Waals surface area (Å²) in [4.78, 5) is 4.70. The molecular weight excluding hydrogens is 564 g/mol. The highest BCUT2D eigenvalue weighted by Crippen LogP contribution is 2.58. The van der Waals surface area contributed by atoms with Crippen molar-refractivity contribution in [1.29, 1.82) is 0 Å². The predicted molar refractivity (Wildman–Crippen MR) is 160 cm³/mol. The molecule has 0 saturated carbocycles. The van der Waals surface area contributed by atoms with E-state index in [0.29, 0.717) is 0 Å². The second-order valence-electron chi connectivity index (χ2n) is 10.0. The molecule has 5 aromatic carbocycles. The van der Waals surface area contributed by atoms with Crippen LogP contribution in [0, 0.1) is 11.6 Å². The maximum absolute atomic E-state index is 14.3. The molecule has 0 aliphatic heterocycles. The van der Waals surface area contributed by atoms with Crippen LogP contribution < -0.4 is 0 Å². The van der Waals surface area contributed by atoms with Crippen molar-refractivity contribution in [3.05, 3.63) is 172 Å². The van der Waals surface area contributed by atoms with Gasteiger partial charge in [-0.2, -0.15) is 0 Å². The Balaban J connectivity index is 1.57. The summed E-state index contributed by atoms with van der Waals surface area (Å²) in [5.74, 6) is -0.609. The summed E-state index contributed by atoms with van der Waals surface area (Å²) < 4.78 is 29.5. The van der Waals surface area contributed by atoms with E-state index in [-0.39, 0.29) is 11.6 Å². The number of pyridine rings is 1. The van der Waals surface area contributed by atoms with Gasteiger partial charge in [0.1, 0.15) is 11.6 Å². The molecule has 0 N–H and O–H groups in total. The Morgan fingerprint density at radius 2 is 1.10 bits per heavy atom. The minimum absolute atomic E-state index is 0.304. The van der Waals surface area contributed by atoms with Gasteiger partial charge < -0.3 is 0 Å². The molecule has 0 unspecified atom stereocenters. The molecule has 4 heteroatoms. The molecule has 0 saturated heterocycles. The summed E-state index contributed by atoms with van der Waals surface area (Å²) in [6.07, 6.45) is 3.82. The van der Waals surface area contributed by atoms with Crippen LogP contribution in [0.2, 0.25) is 0 Å². The zero-order chi connectivity index (χ0) is 27.3. The van der Waals surface area contributed by atoms with E-state index in [2.05, 4.69) is 64.5 Å². The van der Waals surface area contributed by atoms with Crippen molar-refractivity contribution < 1.29 is 8.78 Å². The Morgan fingerprint density at radius 1 is 0.525 bits per heavy atom. The van der Waals surface area contributed by atoms with E-state index in [0.717, 1.165) is 60.1 Å². The van der Waals surface area contributed by atoms with Crippen LogP contribution in [0.25, 0.3) is 33.4 Å². The molecule has 1 aliphatic rings. The van der Waals surface area contributed by atoms with Gasteiger partial charge in [-0.15, -0.1) is 0 Å². The molecule has 0 fully saturated rings. The Labute approximate surface area is 239 Å². The molecule has 1 heterocycles. The van der Waals surface area contributed by atoms with E-state index in [1.165, 1.54) is 24.3 Å². The number of hydrogen-bond acceptors (Lipinski definition) is 1. The largest absolute Gasteiger partial charge is 0.263 e. The molecule has 0 radical (unpaired) electrons. The first-order valence-electron chi connectivity index (χ1n) is 13.0. The lowest BCUT2D eigenvalue weighted by Gasteiger charge is -2.35. The van der Waals surface area contributed by atoms with Crippen LogP contribution in [-0.2, 0) is 5.41 Å². The Hall–Kier alpha value is -4.41. The van der Waals surface area contributed by atoms with E-state index in [1.807, 2.05) is 60.9 Å². The standard InChI is InChI=1S/C36H22BrF2N/c37-28-8-4-6-24(20-28)23-5-3-7-25(19-23)32-21-40-22-33-31-9-1-2-10-34(31)36(35(32)33,26-11-15-29(38)16-12-26)27-13-17-30(39)18-14-27/h1-22H. The second kappa shape index (κ2) is 9.65. The average Bonchev–Trinajstić information content (AvgIpc) is 3.29. The highest BCUT2D eigenvalue weighted by Gasteiger charge is 2.47. The van der Waals surface area contributed by atoms with E-state index in [1.54, 1.807) is 0 Å². The predicted octanol–water partition coefficient (Wildman–Crippen LogP) is 9.82. The summed E-state index contributed by atoms with van der Waals surface area (Å²) in [6, 6.07) is 38.3. The minimum atomic E-state index is -0.808. The van der Waals surface area contributed by atoms with Crippen LogP contribution in [0.1, 0.15) is 22.3 Å². The lowest BCUT2D eigenvalue weighted by atomic mass is 9.66. The fourth-order valence-corrected chi connectivity index (χ4v) is 6.57. The van der Waals surface area contributed by atoms with Gasteiger partial charge in [-0.25, -0.2) is 8.78 Å². The van der Waals surface area contributed by atoms with Crippen molar-refractivity contribution >= 4 is 15.9 Å². The van der Waals surface area contributed by atoms with Gasteiger partial charge in [-0.3, -0.25) is 4.98 Å². The summed E-state index contributed by atoms with van der Waals surface area (Å²) in [7, 11) is 0. The van der Waals surface area contributed by atoms with Gasteiger partial charge in [0.05, 0.1) is 5.41 Å². The van der Waals surface area contributed by atoms with Gasteiger partial charge in [0.2, 0.25) is 0 Å². The third kappa shape index (κ3) is 3.82. The Morgan fingerprint density at radius 3 is 1.77 bits per heavy atom. The smallest absolute Gasteiger partial charge is 0.123 e. The first kappa shape index (κ1) is 24.6. The first-order chi connectivity index (χ1) is 19.6. The number of fused-ring (bicyclic) bond motifs is 3. The molecule has 0 atom stereocenters. The van der Waals surface area contributed by atoms with Crippen LogP contribution >= 0.6 is 15.9 Å². The summed E-state index contributed by atoms with van der Waals surface area (Å²) in [5, 5.41) is 0. The van der Waals surface area contributed by atoms with Gasteiger partial charge in [-0.1, -0.05) is 94.8 Å². The van der Waals surface area contributed by atoms with Crippen LogP contribution in [0.15, 0.2) is 138 Å². The third-order valence-corrected chi connectivity index (χ3v) is 8.32. The summed E-state index contributed by atoms with van der Waals surface area (Å²) >= 11 is 3.59. The third-order valence-electron chi connectivity index (χ3n) is 7.83. The summed E-state index contributed by atoms with van der Waals surface area (Å²) in [6.45, 7) is 0. The van der Waals surface area contributed by atoms with Gasteiger partial charge in [0.25, 0.3) is 0 Å². The molecule has 192 valence electrons. The molecule has 0 spiro atoms. The highest BCUT2D eigenvalue weighted by atomic mass is 79.9. The maximum Gasteiger partial charge on any atom is 0.123 e. The number of hydrogen-bond donors (Lipinski definition) is 0. The first-order valence-corrected chi connectivity index (χ1v) is 13.8. The number of aromatic nitrogens is 1. The SMILES string of the molecule is Fc1ccc(C2(c3ccc(F)cc3)c3ccccc3-c3cncc(-c4cccc(-c5cccc(Br)c5)c4)c32)cc1. The Bertz CT molecular complexity index is 1830. The van der Waals surface area contributed by atoms with Crippen molar-refractivity contribution in [2.75, 3.05) is 0 Å². The molecule has 40 heavy (non-hydrogen) atoms. The monoisotopic (exact) mass is 585 g/mol. The van der Waals surface area contributed by atoms with E-state index < -0.39 is 5.41 Å². The zero-order valence-corrected chi connectivity index (χ0v) is 22.9. The quantitative estimate of drug-likeness (QED) is 0.200. The maximum atomic E-state index is 14.3. The molecule has 7 rings (SSSR count). The highest BCUT2D eigenvalue weighted by molar-refractivity contribution is 9.10. The Kier molecular flexibility index (Phi) is 5.94. The topological polar surface area (TPSA) is 12.9 Å². The molecule has 1 nitrogen and oxygen atoms in total. The van der Waals surface area contributed by atoms with Crippen molar-refractivity contribution in [2.24, 2.45) is 0 Å².